The highest BCUT2D eigenvalue weighted by Gasteiger charge is 2.50. The van der Waals surface area contributed by atoms with Crippen LogP contribution in [0.15, 0.2) is 59.5 Å². The van der Waals surface area contributed by atoms with Gasteiger partial charge in [0.2, 0.25) is 11.9 Å². The van der Waals surface area contributed by atoms with Crippen LogP contribution in [0.2, 0.25) is 0 Å². The fraction of sp³-hybridized carbons (Fsp3) is 0.608. The van der Waals surface area contributed by atoms with E-state index >= 15 is 0 Å². The van der Waals surface area contributed by atoms with Gasteiger partial charge in [0, 0.05) is 55.1 Å². The van der Waals surface area contributed by atoms with Crippen LogP contribution >= 0.6 is 0 Å². The largest absolute Gasteiger partial charge is 0.494 e. The van der Waals surface area contributed by atoms with E-state index in [4.69, 9.17) is 23.9 Å². The molecule has 5 fully saturated rings. The second-order valence-electron chi connectivity index (χ2n) is 19.0. The molecule has 4 bridgehead atoms. The van der Waals surface area contributed by atoms with Gasteiger partial charge in [-0.3, -0.25) is 14.2 Å². The molecule has 0 aliphatic heterocycles. The molecular formula is C51H69N5O6. The van der Waals surface area contributed by atoms with E-state index in [1.807, 2.05) is 43.3 Å². The smallest absolute Gasteiger partial charge is 0.257 e. The number of rotatable bonds is 26. The number of hydrogen-bond acceptors (Lipinski definition) is 9. The van der Waals surface area contributed by atoms with Crippen molar-refractivity contribution in [2.24, 2.45) is 29.1 Å². The lowest BCUT2D eigenvalue weighted by atomic mass is 9.49. The highest BCUT2D eigenvalue weighted by Crippen LogP contribution is 2.61. The Kier molecular flexibility index (Phi) is 15.1. The molecule has 5 saturated carbocycles. The molecule has 5 aliphatic carbocycles. The maximum atomic E-state index is 13.4. The summed E-state index contributed by atoms with van der Waals surface area (Å²) < 4.78 is 25.2. The molecule has 0 spiro atoms. The Bertz CT molecular complexity index is 2130. The minimum atomic E-state index is -0.229. The van der Waals surface area contributed by atoms with Crippen LogP contribution in [0.4, 0.5) is 17.3 Å². The summed E-state index contributed by atoms with van der Waals surface area (Å²) in [6.45, 7) is 5.54. The Labute approximate surface area is 368 Å². The van der Waals surface area contributed by atoms with E-state index in [-0.39, 0.29) is 17.4 Å². The topological polar surface area (TPSA) is 126 Å². The van der Waals surface area contributed by atoms with Crippen LogP contribution in [0.25, 0.3) is 16.7 Å². The number of aromatic nitrogens is 3. The number of benzene rings is 2. The molecule has 62 heavy (non-hydrogen) atoms. The predicted octanol–water partition coefficient (Wildman–Crippen LogP) is 11.1. The Hall–Kier alpha value is -4.48. The van der Waals surface area contributed by atoms with E-state index in [1.54, 1.807) is 30.0 Å². The third-order valence-corrected chi connectivity index (χ3v) is 14.0. The van der Waals surface area contributed by atoms with Gasteiger partial charge < -0.3 is 29.6 Å². The summed E-state index contributed by atoms with van der Waals surface area (Å²) in [5, 5.41) is 6.97. The van der Waals surface area contributed by atoms with Crippen LogP contribution in [0.3, 0.4) is 0 Å². The first-order chi connectivity index (χ1) is 30.3. The first-order valence-electron chi connectivity index (χ1n) is 23.9. The quantitative estimate of drug-likeness (QED) is 0.0594. The molecular weight excluding hydrogens is 779 g/mol. The van der Waals surface area contributed by atoms with Crippen molar-refractivity contribution in [2.75, 3.05) is 50.8 Å². The number of nitrogens with one attached hydrogen (secondary N) is 2. The first-order valence-corrected chi connectivity index (χ1v) is 23.9. The van der Waals surface area contributed by atoms with Crippen molar-refractivity contribution in [1.82, 2.24) is 14.5 Å². The Morgan fingerprint density at radius 3 is 2.11 bits per heavy atom. The van der Waals surface area contributed by atoms with Gasteiger partial charge in [-0.2, -0.15) is 4.98 Å². The van der Waals surface area contributed by atoms with E-state index in [1.165, 1.54) is 103 Å². The standard InChI is InChI=1S/C51H69N5O6/c1-36-26-47(57)56(42-15-13-14-41(30-42)53-49(58)40-16-17-40)48-44(36)35-52-50(55-48)54-45-19-18-43(31-46(45)59-2)62-25-24-61-22-12-10-8-6-4-3-5-7-9-11-21-60-23-20-51-32-37-27-38(33-51)29-39(28-37)34-51/h13-15,18-19,26,30-31,35,37-40H,3-12,16-17,20-25,27-29,32-34H2,1-2H3,(H,53,58)(H,52,54,55). The summed E-state index contributed by atoms with van der Waals surface area (Å²) in [6.07, 6.45) is 26.8. The van der Waals surface area contributed by atoms with Crippen LogP contribution in [0.5, 0.6) is 11.5 Å². The van der Waals surface area contributed by atoms with Crippen molar-refractivity contribution in [2.45, 2.75) is 129 Å². The number of anilines is 3. The third kappa shape index (κ3) is 11.7. The zero-order valence-corrected chi connectivity index (χ0v) is 37.3. The van der Waals surface area contributed by atoms with Gasteiger partial charge in [-0.25, -0.2) is 4.98 Å². The fourth-order valence-corrected chi connectivity index (χ4v) is 11.0. The summed E-state index contributed by atoms with van der Waals surface area (Å²) in [4.78, 5) is 35.1. The Balaban J connectivity index is 0.678. The number of pyridine rings is 1. The number of hydrogen-bond donors (Lipinski definition) is 2. The van der Waals surface area contributed by atoms with Crippen molar-refractivity contribution in [3.05, 3.63) is 70.6 Å². The van der Waals surface area contributed by atoms with Gasteiger partial charge in [0.05, 0.1) is 25.1 Å². The van der Waals surface area contributed by atoms with Gasteiger partial charge >= 0.3 is 0 Å². The van der Waals surface area contributed by atoms with Gasteiger partial charge in [0.1, 0.15) is 18.1 Å². The zero-order chi connectivity index (χ0) is 42.7. The number of carbonyl (C=O) groups is 1. The summed E-state index contributed by atoms with van der Waals surface area (Å²) in [5.41, 5.74) is 3.54. The summed E-state index contributed by atoms with van der Waals surface area (Å²) in [6, 6.07) is 14.4. The molecule has 0 atom stereocenters. The van der Waals surface area contributed by atoms with E-state index in [2.05, 4.69) is 15.6 Å². The Morgan fingerprint density at radius 1 is 0.790 bits per heavy atom. The van der Waals surface area contributed by atoms with Crippen LogP contribution in [-0.4, -0.2) is 60.6 Å². The number of aryl methyl sites for hydroxylation is 1. The second-order valence-corrected chi connectivity index (χ2v) is 19.0. The molecule has 0 radical (unpaired) electrons. The van der Waals surface area contributed by atoms with E-state index in [0.29, 0.717) is 58.8 Å². The number of amides is 1. The van der Waals surface area contributed by atoms with Gasteiger partial charge in [-0.15, -0.1) is 0 Å². The first kappa shape index (κ1) is 44.1. The second kappa shape index (κ2) is 21.3. The average molecular weight is 848 g/mol. The molecule has 4 aromatic rings. The number of nitrogens with zero attached hydrogens (tertiary/aromatic N) is 3. The van der Waals surface area contributed by atoms with Crippen LogP contribution in [0, 0.1) is 36.0 Å². The third-order valence-electron chi connectivity index (χ3n) is 14.0. The van der Waals surface area contributed by atoms with E-state index in [9.17, 15) is 9.59 Å². The number of unbranched alkanes of at least 4 members (excludes halogenated alkanes) is 9. The average Bonchev–Trinajstić information content (AvgIpc) is 4.11. The summed E-state index contributed by atoms with van der Waals surface area (Å²) in [7, 11) is 1.60. The van der Waals surface area contributed by atoms with Crippen molar-refractivity contribution in [1.29, 1.82) is 0 Å². The molecule has 11 nitrogen and oxygen atoms in total. The van der Waals surface area contributed by atoms with Crippen LogP contribution < -0.4 is 25.7 Å². The highest BCUT2D eigenvalue weighted by molar-refractivity contribution is 5.94. The van der Waals surface area contributed by atoms with Gasteiger partial charge in [-0.05, 0) is 137 Å². The van der Waals surface area contributed by atoms with E-state index in [0.717, 1.165) is 67.8 Å². The van der Waals surface area contributed by atoms with Crippen molar-refractivity contribution < 1.29 is 23.7 Å². The molecule has 11 heteroatoms. The van der Waals surface area contributed by atoms with Crippen LogP contribution in [-0.2, 0) is 14.3 Å². The Morgan fingerprint density at radius 2 is 1.45 bits per heavy atom. The monoisotopic (exact) mass is 848 g/mol. The molecule has 334 valence electrons. The molecule has 9 rings (SSSR count). The molecule has 0 saturated heterocycles. The zero-order valence-electron chi connectivity index (χ0n) is 37.3. The molecule has 0 unspecified atom stereocenters. The molecule has 2 aromatic carbocycles. The number of methoxy groups -OCH3 is 1. The maximum absolute atomic E-state index is 13.4. The molecule has 5 aliphatic rings. The van der Waals surface area contributed by atoms with Crippen LogP contribution in [0.1, 0.15) is 128 Å². The summed E-state index contributed by atoms with van der Waals surface area (Å²) in [5.74, 6) is 4.76. The number of carbonyl (C=O) groups excluding carboxylic acids is 1. The number of ether oxygens (including phenoxy) is 4. The molecule has 1 amide bonds. The maximum Gasteiger partial charge on any atom is 0.257 e. The van der Waals surface area contributed by atoms with Gasteiger partial charge in [0.25, 0.3) is 5.56 Å². The predicted molar refractivity (Wildman–Crippen MR) is 246 cm³/mol. The normalized spacial score (nSPS) is 21.4. The minimum absolute atomic E-state index is 0.00583. The minimum Gasteiger partial charge on any atom is -0.494 e. The van der Waals surface area contributed by atoms with Gasteiger partial charge in [0.15, 0.2) is 5.65 Å². The molecule has 2 N–H and O–H groups in total. The lowest BCUT2D eigenvalue weighted by molar-refractivity contribution is -0.117. The lowest BCUT2D eigenvalue weighted by Gasteiger charge is -2.57. The molecule has 2 aromatic heterocycles. The van der Waals surface area contributed by atoms with Crippen molar-refractivity contribution in [3.63, 3.8) is 0 Å². The highest BCUT2D eigenvalue weighted by atomic mass is 16.5. The summed E-state index contributed by atoms with van der Waals surface area (Å²) >= 11 is 0. The van der Waals surface area contributed by atoms with Crippen molar-refractivity contribution >= 4 is 34.3 Å². The molecule has 2 heterocycles. The van der Waals surface area contributed by atoms with Crippen molar-refractivity contribution in [3.8, 4) is 17.2 Å². The number of fused-ring (bicyclic) bond motifs is 1. The van der Waals surface area contributed by atoms with Gasteiger partial charge in [-0.1, -0.05) is 57.4 Å². The lowest BCUT2D eigenvalue weighted by Crippen LogP contribution is -2.46. The fourth-order valence-electron chi connectivity index (χ4n) is 11.0. The SMILES string of the molecule is COc1cc(OCCOCCCCCCCCCCCCOCCC23CC4CC(CC(C4)C2)C3)ccc1Nc1ncc2c(C)cc(=O)n(-c3cccc(NC(=O)C4CC4)c3)c2n1. The van der Waals surface area contributed by atoms with E-state index < -0.39 is 0 Å².